The lowest BCUT2D eigenvalue weighted by Gasteiger charge is -2.17. The van der Waals surface area contributed by atoms with Crippen LogP contribution in [0.2, 0.25) is 0 Å². The average molecular weight is 170 g/mol. The molecule has 68 valence electrons. The summed E-state index contributed by atoms with van der Waals surface area (Å²) in [7, 11) is 0. The van der Waals surface area contributed by atoms with Gasteiger partial charge in [-0.3, -0.25) is 0 Å². The van der Waals surface area contributed by atoms with Crippen molar-refractivity contribution in [3.05, 3.63) is 24.5 Å². The van der Waals surface area contributed by atoms with Gasteiger partial charge in [0, 0.05) is 0 Å². The maximum absolute atomic E-state index is 9.17. The molecule has 1 aliphatic heterocycles. The van der Waals surface area contributed by atoms with Gasteiger partial charge >= 0.3 is 0 Å². The molecular weight excluding hydrogens is 156 g/mol. The van der Waals surface area contributed by atoms with Crippen LogP contribution in [0.1, 0.15) is 13.3 Å². The monoisotopic (exact) mass is 170 g/mol. The molecule has 0 amide bonds. The van der Waals surface area contributed by atoms with Crippen LogP contribution < -0.4 is 0 Å². The minimum absolute atomic E-state index is 0.319. The van der Waals surface area contributed by atoms with E-state index in [1.54, 1.807) is 18.4 Å². The molecule has 0 bridgehead atoms. The van der Waals surface area contributed by atoms with Crippen LogP contribution in [0.3, 0.4) is 0 Å². The van der Waals surface area contributed by atoms with Crippen LogP contribution >= 0.6 is 0 Å². The highest BCUT2D eigenvalue weighted by Gasteiger charge is 2.08. The maximum atomic E-state index is 9.17. The summed E-state index contributed by atoms with van der Waals surface area (Å²) in [5, 5.41) is 9.17. The van der Waals surface area contributed by atoms with Crippen LogP contribution in [0.15, 0.2) is 24.5 Å². The van der Waals surface area contributed by atoms with Crippen molar-refractivity contribution in [3.8, 4) is 0 Å². The van der Waals surface area contributed by atoms with Crippen LogP contribution in [0.5, 0.6) is 0 Å². The van der Waals surface area contributed by atoms with E-state index < -0.39 is 6.10 Å². The molecule has 2 atom stereocenters. The van der Waals surface area contributed by atoms with Gasteiger partial charge in [-0.15, -0.1) is 0 Å². The third-order valence-corrected chi connectivity index (χ3v) is 1.59. The van der Waals surface area contributed by atoms with Crippen molar-refractivity contribution in [1.29, 1.82) is 0 Å². The quantitative estimate of drug-likeness (QED) is 0.689. The minimum Gasteiger partial charge on any atom is -0.469 e. The molecule has 1 N–H and O–H groups in total. The van der Waals surface area contributed by atoms with Gasteiger partial charge < -0.3 is 14.6 Å². The Labute approximate surface area is 72.3 Å². The lowest BCUT2D eigenvalue weighted by molar-refractivity contribution is -0.0992. The minimum atomic E-state index is -0.395. The molecule has 0 aromatic carbocycles. The Morgan fingerprint density at radius 2 is 2.42 bits per heavy atom. The smallest absolute Gasteiger partial charge is 0.219 e. The Bertz CT molecular complexity index is 175. The average Bonchev–Trinajstić information content (AvgIpc) is 2.16. The second kappa shape index (κ2) is 4.95. The van der Waals surface area contributed by atoms with Gasteiger partial charge in [0.1, 0.15) is 0 Å². The highest BCUT2D eigenvalue weighted by atomic mass is 16.7. The van der Waals surface area contributed by atoms with E-state index in [0.29, 0.717) is 13.0 Å². The number of hydrogen-bond donors (Lipinski definition) is 1. The number of hydrogen-bond acceptors (Lipinski definition) is 3. The van der Waals surface area contributed by atoms with Gasteiger partial charge in [-0.05, 0) is 18.6 Å². The molecular formula is C9H14O3. The van der Waals surface area contributed by atoms with Crippen molar-refractivity contribution in [2.24, 2.45) is 0 Å². The fourth-order valence-corrected chi connectivity index (χ4v) is 0.787. The molecule has 1 aliphatic rings. The summed E-state index contributed by atoms with van der Waals surface area (Å²) in [5.74, 6) is 0. The standard InChI is InChI=1S/C9H14O3/c1-2-8(10)7-12-9-5-3-4-6-11-9/h3-6,8-10H,2,7H2,1H3. The lowest BCUT2D eigenvalue weighted by atomic mass is 10.3. The molecule has 0 aromatic heterocycles. The maximum Gasteiger partial charge on any atom is 0.219 e. The van der Waals surface area contributed by atoms with E-state index in [2.05, 4.69) is 0 Å². The van der Waals surface area contributed by atoms with Crippen LogP contribution in [0, 0.1) is 0 Å². The predicted molar refractivity (Wildman–Crippen MR) is 45.4 cm³/mol. The van der Waals surface area contributed by atoms with Crippen LogP contribution in [0.25, 0.3) is 0 Å². The zero-order chi connectivity index (χ0) is 8.81. The van der Waals surface area contributed by atoms with Crippen molar-refractivity contribution >= 4 is 0 Å². The molecule has 0 spiro atoms. The summed E-state index contributed by atoms with van der Waals surface area (Å²) in [6.45, 7) is 2.23. The van der Waals surface area contributed by atoms with Crippen molar-refractivity contribution in [2.45, 2.75) is 25.7 Å². The van der Waals surface area contributed by atoms with E-state index in [1.165, 1.54) is 0 Å². The van der Waals surface area contributed by atoms with Gasteiger partial charge in [0.25, 0.3) is 0 Å². The fourth-order valence-electron chi connectivity index (χ4n) is 0.787. The van der Waals surface area contributed by atoms with Crippen molar-refractivity contribution in [2.75, 3.05) is 6.61 Å². The van der Waals surface area contributed by atoms with Crippen LogP contribution in [-0.4, -0.2) is 24.1 Å². The normalized spacial score (nSPS) is 23.7. The third-order valence-electron chi connectivity index (χ3n) is 1.59. The van der Waals surface area contributed by atoms with E-state index in [4.69, 9.17) is 14.6 Å². The molecule has 1 rings (SSSR count). The van der Waals surface area contributed by atoms with Gasteiger partial charge in [0.2, 0.25) is 6.29 Å². The number of ether oxygens (including phenoxy) is 2. The van der Waals surface area contributed by atoms with Gasteiger partial charge in [0.15, 0.2) is 0 Å². The van der Waals surface area contributed by atoms with Gasteiger partial charge in [-0.2, -0.15) is 0 Å². The Balaban J connectivity index is 2.15. The number of aliphatic hydroxyl groups excluding tert-OH is 1. The van der Waals surface area contributed by atoms with E-state index in [0.717, 1.165) is 0 Å². The first kappa shape index (κ1) is 9.29. The predicted octanol–water partition coefficient (Wildman–Crippen LogP) is 1.20. The summed E-state index contributed by atoms with van der Waals surface area (Å²) in [6.07, 6.45) is 6.98. The molecule has 0 aliphatic carbocycles. The van der Waals surface area contributed by atoms with E-state index >= 15 is 0 Å². The summed E-state index contributed by atoms with van der Waals surface area (Å²) >= 11 is 0. The van der Waals surface area contributed by atoms with Crippen molar-refractivity contribution < 1.29 is 14.6 Å². The lowest BCUT2D eigenvalue weighted by Crippen LogP contribution is -2.21. The molecule has 0 saturated heterocycles. The third kappa shape index (κ3) is 3.07. The van der Waals surface area contributed by atoms with Gasteiger partial charge in [-0.25, -0.2) is 0 Å². The zero-order valence-corrected chi connectivity index (χ0v) is 7.14. The van der Waals surface area contributed by atoms with Crippen molar-refractivity contribution in [3.63, 3.8) is 0 Å². The number of allylic oxidation sites excluding steroid dienone is 2. The molecule has 12 heavy (non-hydrogen) atoms. The summed E-state index contributed by atoms with van der Waals surface area (Å²) in [6, 6.07) is 0. The summed E-state index contributed by atoms with van der Waals surface area (Å²) < 4.78 is 10.3. The van der Waals surface area contributed by atoms with Crippen molar-refractivity contribution in [1.82, 2.24) is 0 Å². The molecule has 1 heterocycles. The van der Waals surface area contributed by atoms with E-state index in [1.807, 2.05) is 13.0 Å². The highest BCUT2D eigenvalue weighted by molar-refractivity contribution is 5.05. The van der Waals surface area contributed by atoms with Gasteiger partial charge in [0.05, 0.1) is 19.0 Å². The molecule has 0 aromatic rings. The Morgan fingerprint density at radius 1 is 1.58 bits per heavy atom. The summed E-state index contributed by atoms with van der Waals surface area (Å²) in [5.41, 5.74) is 0. The molecule has 0 fully saturated rings. The first-order valence-corrected chi connectivity index (χ1v) is 4.11. The Kier molecular flexibility index (Phi) is 3.84. The second-order valence-electron chi connectivity index (χ2n) is 2.61. The Morgan fingerprint density at radius 3 is 3.00 bits per heavy atom. The Hall–Kier alpha value is -0.800. The fraction of sp³-hybridized carbons (Fsp3) is 0.556. The largest absolute Gasteiger partial charge is 0.469 e. The molecule has 3 heteroatoms. The first-order valence-electron chi connectivity index (χ1n) is 4.11. The van der Waals surface area contributed by atoms with E-state index in [9.17, 15) is 0 Å². The van der Waals surface area contributed by atoms with Gasteiger partial charge in [-0.1, -0.05) is 13.0 Å². The molecule has 0 saturated carbocycles. The number of aliphatic hydroxyl groups is 1. The molecule has 2 unspecified atom stereocenters. The molecule has 3 nitrogen and oxygen atoms in total. The molecule has 0 radical (unpaired) electrons. The second-order valence-corrected chi connectivity index (χ2v) is 2.61. The van der Waals surface area contributed by atoms with E-state index in [-0.39, 0.29) is 6.29 Å². The number of rotatable bonds is 4. The van der Waals surface area contributed by atoms with Crippen LogP contribution in [-0.2, 0) is 9.47 Å². The highest BCUT2D eigenvalue weighted by Crippen LogP contribution is 2.04. The first-order chi connectivity index (χ1) is 5.83. The SMILES string of the molecule is CCC(O)COC1C=CC=CO1. The zero-order valence-electron chi connectivity index (χ0n) is 7.14. The summed E-state index contributed by atoms with van der Waals surface area (Å²) in [4.78, 5) is 0. The topological polar surface area (TPSA) is 38.7 Å². The van der Waals surface area contributed by atoms with Crippen LogP contribution in [0.4, 0.5) is 0 Å².